The number of fused-ring (bicyclic) bond motifs is 1. The molecule has 17 heavy (non-hydrogen) atoms. The number of aromatic nitrogens is 1. The number of benzene rings is 1. The number of nitrogens with zero attached hydrogens (tertiary/aromatic N) is 1. The van der Waals surface area contributed by atoms with Gasteiger partial charge in [0.25, 0.3) is 0 Å². The van der Waals surface area contributed by atoms with Crippen LogP contribution in [0.15, 0.2) is 42.6 Å². The van der Waals surface area contributed by atoms with Crippen molar-refractivity contribution in [3.8, 4) is 0 Å². The Bertz CT molecular complexity index is 508. The molecule has 3 nitrogen and oxygen atoms in total. The summed E-state index contributed by atoms with van der Waals surface area (Å²) in [5.74, 6) is -0.205. The standard InChI is InChI=1S/C13H14NO2.ClH/c1-2-16-13(15)10-14-9-5-7-11-6-3-4-8-12(11)14;/h3-9H,2,10H2,1H3;1H/q+1;/p-1. The molecule has 0 aliphatic rings. The number of carbonyl (C=O) groups excluding carboxylic acids is 1. The van der Waals surface area contributed by atoms with E-state index >= 15 is 0 Å². The van der Waals surface area contributed by atoms with E-state index < -0.39 is 0 Å². The summed E-state index contributed by atoms with van der Waals surface area (Å²) >= 11 is 0. The first-order chi connectivity index (χ1) is 7.81. The fourth-order valence-corrected chi connectivity index (χ4v) is 1.70. The number of carbonyl (C=O) groups is 1. The Kier molecular flexibility index (Phi) is 4.91. The van der Waals surface area contributed by atoms with Crippen molar-refractivity contribution < 1.29 is 26.5 Å². The monoisotopic (exact) mass is 251 g/mol. The van der Waals surface area contributed by atoms with Crippen molar-refractivity contribution in [1.82, 2.24) is 0 Å². The van der Waals surface area contributed by atoms with Crippen LogP contribution in [0.5, 0.6) is 0 Å². The SMILES string of the molecule is CCOC(=O)C[n+]1cccc2ccccc21.[Cl-]. The number of para-hydroxylation sites is 1. The Morgan fingerprint density at radius 3 is 2.71 bits per heavy atom. The van der Waals surface area contributed by atoms with E-state index in [0.29, 0.717) is 6.61 Å². The van der Waals surface area contributed by atoms with E-state index in [2.05, 4.69) is 0 Å². The normalized spacial score (nSPS) is 9.71. The molecule has 0 saturated carbocycles. The smallest absolute Gasteiger partial charge is 0.372 e. The fourth-order valence-electron chi connectivity index (χ4n) is 1.70. The first-order valence-corrected chi connectivity index (χ1v) is 5.34. The summed E-state index contributed by atoms with van der Waals surface area (Å²) in [6.07, 6.45) is 1.89. The number of esters is 1. The molecule has 2 aromatic rings. The minimum atomic E-state index is -0.205. The molecule has 4 heteroatoms. The van der Waals surface area contributed by atoms with Gasteiger partial charge in [-0.15, -0.1) is 0 Å². The molecule has 0 spiro atoms. The Balaban J connectivity index is 0.00000144. The molecule has 0 aliphatic carbocycles. The second-order valence-electron chi connectivity index (χ2n) is 3.50. The second kappa shape index (κ2) is 6.21. The minimum Gasteiger partial charge on any atom is -1.00 e. The summed E-state index contributed by atoms with van der Waals surface area (Å²) in [6, 6.07) is 11.9. The molecule has 0 unspecified atom stereocenters. The van der Waals surface area contributed by atoms with E-state index in [9.17, 15) is 4.79 Å². The minimum absolute atomic E-state index is 0. The lowest BCUT2D eigenvalue weighted by Gasteiger charge is -2.01. The maximum absolute atomic E-state index is 11.4. The first kappa shape index (κ1) is 13.5. The molecular formula is C13H14ClNO2. The van der Waals surface area contributed by atoms with Gasteiger partial charge in [-0.05, 0) is 19.1 Å². The van der Waals surface area contributed by atoms with E-state index in [1.807, 2.05) is 54.1 Å². The van der Waals surface area contributed by atoms with Gasteiger partial charge in [-0.2, -0.15) is 4.57 Å². The lowest BCUT2D eigenvalue weighted by Crippen LogP contribution is -3.00. The molecule has 0 radical (unpaired) electrons. The van der Waals surface area contributed by atoms with Crippen LogP contribution in [-0.2, 0) is 16.1 Å². The van der Waals surface area contributed by atoms with Gasteiger partial charge in [-0.1, -0.05) is 12.1 Å². The van der Waals surface area contributed by atoms with Crippen molar-refractivity contribution >= 4 is 16.9 Å². The van der Waals surface area contributed by atoms with Crippen molar-refractivity contribution in [3.05, 3.63) is 42.6 Å². The van der Waals surface area contributed by atoms with Crippen molar-refractivity contribution in [1.29, 1.82) is 0 Å². The predicted octanol–water partition coefficient (Wildman–Crippen LogP) is -1.31. The van der Waals surface area contributed by atoms with E-state index in [-0.39, 0.29) is 24.9 Å². The van der Waals surface area contributed by atoms with Gasteiger partial charge in [-0.25, -0.2) is 4.79 Å². The summed E-state index contributed by atoms with van der Waals surface area (Å²) < 4.78 is 6.83. The summed E-state index contributed by atoms with van der Waals surface area (Å²) in [5.41, 5.74) is 1.04. The largest absolute Gasteiger partial charge is 1.00 e. The van der Waals surface area contributed by atoms with Crippen molar-refractivity contribution in [2.45, 2.75) is 13.5 Å². The molecule has 1 heterocycles. The van der Waals surface area contributed by atoms with Crippen LogP contribution in [0.1, 0.15) is 6.92 Å². The summed E-state index contributed by atoms with van der Waals surface area (Å²) in [4.78, 5) is 11.4. The number of pyridine rings is 1. The Labute approximate surface area is 106 Å². The zero-order valence-electron chi connectivity index (χ0n) is 9.60. The van der Waals surface area contributed by atoms with Crippen LogP contribution in [0, 0.1) is 0 Å². The number of rotatable bonds is 3. The zero-order valence-corrected chi connectivity index (χ0v) is 10.4. The van der Waals surface area contributed by atoms with Gasteiger partial charge in [0.15, 0.2) is 6.20 Å². The average molecular weight is 252 g/mol. The van der Waals surface area contributed by atoms with Crippen LogP contribution in [0.4, 0.5) is 0 Å². The van der Waals surface area contributed by atoms with Gasteiger partial charge in [0.1, 0.15) is 0 Å². The molecule has 0 bridgehead atoms. The van der Waals surface area contributed by atoms with Crippen LogP contribution in [0.25, 0.3) is 10.9 Å². The molecule has 90 valence electrons. The maximum atomic E-state index is 11.4. The lowest BCUT2D eigenvalue weighted by molar-refractivity contribution is -0.660. The molecule has 2 rings (SSSR count). The second-order valence-corrected chi connectivity index (χ2v) is 3.50. The Morgan fingerprint density at radius 1 is 1.24 bits per heavy atom. The van der Waals surface area contributed by atoms with Crippen molar-refractivity contribution in [3.63, 3.8) is 0 Å². The first-order valence-electron chi connectivity index (χ1n) is 5.34. The average Bonchev–Trinajstić information content (AvgIpc) is 2.30. The molecule has 1 aromatic heterocycles. The Hall–Kier alpha value is -1.61. The zero-order chi connectivity index (χ0) is 11.4. The van der Waals surface area contributed by atoms with Crippen molar-refractivity contribution in [2.24, 2.45) is 0 Å². The highest BCUT2D eigenvalue weighted by Gasteiger charge is 2.13. The molecule has 0 fully saturated rings. The van der Waals surface area contributed by atoms with Gasteiger partial charge < -0.3 is 17.1 Å². The lowest BCUT2D eigenvalue weighted by atomic mass is 10.2. The highest BCUT2D eigenvalue weighted by Crippen LogP contribution is 2.07. The molecule has 0 atom stereocenters. The molecule has 0 aliphatic heterocycles. The van der Waals surface area contributed by atoms with E-state index in [1.54, 1.807) is 0 Å². The van der Waals surface area contributed by atoms with E-state index in [4.69, 9.17) is 4.74 Å². The van der Waals surface area contributed by atoms with E-state index in [0.717, 1.165) is 10.9 Å². The third-order valence-corrected chi connectivity index (χ3v) is 2.39. The van der Waals surface area contributed by atoms with Gasteiger partial charge in [-0.3, -0.25) is 0 Å². The van der Waals surface area contributed by atoms with Crippen LogP contribution in [0.3, 0.4) is 0 Å². The highest BCUT2D eigenvalue weighted by atomic mass is 35.5. The summed E-state index contributed by atoms with van der Waals surface area (Å²) in [5, 5.41) is 1.12. The topological polar surface area (TPSA) is 30.2 Å². The third-order valence-electron chi connectivity index (χ3n) is 2.39. The third kappa shape index (κ3) is 3.17. The number of hydrogen-bond acceptors (Lipinski definition) is 2. The van der Waals surface area contributed by atoms with Gasteiger partial charge in [0, 0.05) is 17.5 Å². The van der Waals surface area contributed by atoms with Crippen LogP contribution >= 0.6 is 0 Å². The van der Waals surface area contributed by atoms with Crippen LogP contribution in [-0.4, -0.2) is 12.6 Å². The predicted molar refractivity (Wildman–Crippen MR) is 60.8 cm³/mol. The van der Waals surface area contributed by atoms with E-state index in [1.165, 1.54) is 0 Å². The number of halogens is 1. The van der Waals surface area contributed by atoms with Crippen molar-refractivity contribution in [2.75, 3.05) is 6.61 Å². The van der Waals surface area contributed by atoms with Gasteiger partial charge in [0.2, 0.25) is 12.1 Å². The van der Waals surface area contributed by atoms with Gasteiger partial charge in [0.05, 0.1) is 6.61 Å². The highest BCUT2D eigenvalue weighted by molar-refractivity contribution is 5.75. The fraction of sp³-hybridized carbons (Fsp3) is 0.231. The summed E-state index contributed by atoms with van der Waals surface area (Å²) in [7, 11) is 0. The van der Waals surface area contributed by atoms with Gasteiger partial charge >= 0.3 is 5.97 Å². The molecule has 0 N–H and O–H groups in total. The van der Waals surface area contributed by atoms with Crippen LogP contribution in [0.2, 0.25) is 0 Å². The molecular weight excluding hydrogens is 238 g/mol. The summed E-state index contributed by atoms with van der Waals surface area (Å²) in [6.45, 7) is 2.49. The molecule has 1 aromatic carbocycles. The maximum Gasteiger partial charge on any atom is 0.372 e. The molecule has 0 saturated heterocycles. The number of ether oxygens (including phenoxy) is 1. The Morgan fingerprint density at radius 2 is 1.94 bits per heavy atom. The number of hydrogen-bond donors (Lipinski definition) is 0. The molecule has 0 amide bonds. The van der Waals surface area contributed by atoms with Crippen LogP contribution < -0.4 is 17.0 Å². The quantitative estimate of drug-likeness (QED) is 0.501.